The summed E-state index contributed by atoms with van der Waals surface area (Å²) in [5.74, 6) is 0.587. The Kier molecular flexibility index (Phi) is 16.2. The first-order valence-electron chi connectivity index (χ1n) is 23.5. The van der Waals surface area contributed by atoms with Gasteiger partial charge in [-0.2, -0.15) is 0 Å². The fraction of sp³-hybridized carbons (Fsp3) is 0.333. The maximum atomic E-state index is 13.6. The summed E-state index contributed by atoms with van der Waals surface area (Å²) in [6.45, 7) is 4.00. The SMILES string of the molecule is COc1ccc(CC(NC(=O)c2ccc(COc3cccc([C@@H](NC(=O)OC4CN5CCC4CC5)c4ccccc4)c3)cc2)C(=O)OCCCCNCC(O)c2ccc(O)c3[nH]c(=O)ccc23)cc1. The number of aliphatic hydroxyl groups excluding tert-OH is 1. The molecule has 0 saturated carbocycles. The minimum absolute atomic E-state index is 0.0777. The van der Waals surface area contributed by atoms with Crippen LogP contribution in [0.5, 0.6) is 17.2 Å². The highest BCUT2D eigenvalue weighted by molar-refractivity contribution is 5.97. The van der Waals surface area contributed by atoms with E-state index in [1.165, 1.54) is 12.1 Å². The number of nitrogens with zero attached hydrogens (tertiary/aromatic N) is 1. The number of aromatic hydroxyl groups is 1. The Hall–Kier alpha value is -7.20. The smallest absolute Gasteiger partial charge is 0.408 e. The average molecular weight is 938 g/mol. The van der Waals surface area contributed by atoms with Crippen LogP contribution in [0.25, 0.3) is 10.9 Å². The van der Waals surface area contributed by atoms with Crippen molar-refractivity contribution in [3.63, 3.8) is 0 Å². The Balaban J connectivity index is 0.829. The van der Waals surface area contributed by atoms with E-state index in [1.54, 1.807) is 55.6 Å². The van der Waals surface area contributed by atoms with Crippen molar-refractivity contribution < 1.29 is 43.5 Å². The molecule has 5 aromatic carbocycles. The largest absolute Gasteiger partial charge is 0.506 e. The summed E-state index contributed by atoms with van der Waals surface area (Å²) in [6.07, 6.45) is 2.02. The number of hydrogen-bond donors (Lipinski definition) is 6. The van der Waals surface area contributed by atoms with Gasteiger partial charge in [-0.1, -0.05) is 72.8 Å². The number of fused-ring (bicyclic) bond motifs is 4. The van der Waals surface area contributed by atoms with E-state index in [1.807, 2.05) is 66.7 Å². The number of benzene rings is 5. The lowest BCUT2D eigenvalue weighted by Crippen LogP contribution is -2.52. The lowest BCUT2D eigenvalue weighted by Gasteiger charge is -2.43. The Labute approximate surface area is 400 Å². The normalized spacial score (nSPS) is 17.6. The third-order valence-corrected chi connectivity index (χ3v) is 12.8. The number of alkyl carbamates (subject to hydrolysis) is 1. The van der Waals surface area contributed by atoms with E-state index in [0.29, 0.717) is 53.3 Å². The summed E-state index contributed by atoms with van der Waals surface area (Å²) in [4.78, 5) is 57.2. The molecule has 9 rings (SSSR count). The summed E-state index contributed by atoms with van der Waals surface area (Å²) < 4.78 is 23.2. The monoisotopic (exact) mass is 937 g/mol. The molecular weight excluding hydrogens is 879 g/mol. The molecule has 0 radical (unpaired) electrons. The number of pyridine rings is 1. The maximum absolute atomic E-state index is 13.6. The number of H-pyrrole nitrogens is 1. The molecule has 15 heteroatoms. The zero-order valence-corrected chi connectivity index (χ0v) is 38.6. The van der Waals surface area contributed by atoms with Crippen LogP contribution in [0.2, 0.25) is 0 Å². The van der Waals surface area contributed by atoms with E-state index in [9.17, 15) is 29.4 Å². The van der Waals surface area contributed by atoms with Gasteiger partial charge >= 0.3 is 12.1 Å². The predicted octanol–water partition coefficient (Wildman–Crippen LogP) is 6.72. The minimum atomic E-state index is -0.971. The number of phenols is 1. The van der Waals surface area contributed by atoms with Gasteiger partial charge in [-0.25, -0.2) is 9.59 Å². The molecule has 0 spiro atoms. The van der Waals surface area contributed by atoms with Crippen LogP contribution in [0.15, 0.2) is 132 Å². The first-order valence-corrected chi connectivity index (χ1v) is 23.5. The third-order valence-electron chi connectivity index (χ3n) is 12.8. The van der Waals surface area contributed by atoms with Crippen LogP contribution in [0.4, 0.5) is 4.79 Å². The van der Waals surface area contributed by atoms with E-state index in [4.69, 9.17) is 18.9 Å². The molecule has 3 aliphatic rings. The lowest BCUT2D eigenvalue weighted by molar-refractivity contribution is -0.146. The zero-order valence-electron chi connectivity index (χ0n) is 38.6. The van der Waals surface area contributed by atoms with Crippen LogP contribution >= 0.6 is 0 Å². The van der Waals surface area contributed by atoms with Crippen molar-refractivity contribution >= 4 is 28.9 Å². The van der Waals surface area contributed by atoms with Gasteiger partial charge in [-0.15, -0.1) is 0 Å². The van der Waals surface area contributed by atoms with Gasteiger partial charge in [-0.05, 0) is 128 Å². The number of piperidine rings is 3. The number of carbonyl (C=O) groups excluding carboxylic acids is 3. The number of unbranched alkanes of at least 4 members (excludes halogenated alkanes) is 1. The molecule has 3 saturated heterocycles. The van der Waals surface area contributed by atoms with Gasteiger partial charge in [0.05, 0.1) is 31.4 Å². The van der Waals surface area contributed by atoms with E-state index in [2.05, 4.69) is 25.8 Å². The molecule has 2 bridgehead atoms. The number of rotatable bonds is 21. The topological polar surface area (TPSA) is 201 Å². The quantitative estimate of drug-likeness (QED) is 0.0330. The van der Waals surface area contributed by atoms with Gasteiger partial charge in [0.25, 0.3) is 5.91 Å². The molecule has 3 unspecified atom stereocenters. The van der Waals surface area contributed by atoms with Gasteiger partial charge in [-0.3, -0.25) is 14.5 Å². The number of aliphatic hydroxyl groups is 1. The van der Waals surface area contributed by atoms with E-state index in [-0.39, 0.29) is 49.1 Å². The van der Waals surface area contributed by atoms with Gasteiger partial charge in [0.1, 0.15) is 36.0 Å². The number of hydrogen-bond acceptors (Lipinski definition) is 12. The van der Waals surface area contributed by atoms with Crippen molar-refractivity contribution in [2.24, 2.45) is 5.92 Å². The van der Waals surface area contributed by atoms with Crippen LogP contribution in [-0.4, -0.2) is 96.7 Å². The van der Waals surface area contributed by atoms with Crippen molar-refractivity contribution in [2.75, 3.05) is 46.4 Å². The molecule has 3 aliphatic heterocycles. The van der Waals surface area contributed by atoms with E-state index < -0.39 is 36.2 Å². The molecule has 360 valence electrons. The fourth-order valence-electron chi connectivity index (χ4n) is 9.00. The van der Waals surface area contributed by atoms with Crippen molar-refractivity contribution in [2.45, 2.75) is 63.0 Å². The molecule has 6 aromatic rings. The first kappa shape index (κ1) is 48.3. The highest BCUT2D eigenvalue weighted by Crippen LogP contribution is 2.32. The molecule has 4 heterocycles. The molecule has 1 aromatic heterocycles. The second kappa shape index (κ2) is 23.2. The summed E-state index contributed by atoms with van der Waals surface area (Å²) in [5.41, 5.74) is 4.22. The number of esters is 1. The highest BCUT2D eigenvalue weighted by atomic mass is 16.6. The Morgan fingerprint density at radius 3 is 2.30 bits per heavy atom. The van der Waals surface area contributed by atoms with Gasteiger partial charge in [0, 0.05) is 36.5 Å². The van der Waals surface area contributed by atoms with Gasteiger partial charge < -0.3 is 50.1 Å². The highest BCUT2D eigenvalue weighted by Gasteiger charge is 2.37. The number of carbonyl (C=O) groups is 3. The summed E-state index contributed by atoms with van der Waals surface area (Å²) in [5, 5.41) is 30.8. The minimum Gasteiger partial charge on any atom is -0.506 e. The molecule has 3 fully saturated rings. The molecule has 15 nitrogen and oxygen atoms in total. The van der Waals surface area contributed by atoms with E-state index in [0.717, 1.165) is 54.7 Å². The van der Waals surface area contributed by atoms with Gasteiger partial charge in [0.2, 0.25) is 5.56 Å². The second-order valence-electron chi connectivity index (χ2n) is 17.6. The van der Waals surface area contributed by atoms with Crippen LogP contribution in [0, 0.1) is 5.92 Å². The summed E-state index contributed by atoms with van der Waals surface area (Å²) in [7, 11) is 1.57. The number of methoxy groups -OCH3 is 1. The lowest BCUT2D eigenvalue weighted by atomic mass is 9.86. The number of ether oxygens (including phenoxy) is 4. The van der Waals surface area contributed by atoms with Crippen LogP contribution in [0.1, 0.15) is 76.0 Å². The number of phenolic OH excluding ortho intramolecular Hbond substituents is 1. The zero-order chi connectivity index (χ0) is 48.1. The van der Waals surface area contributed by atoms with E-state index >= 15 is 0 Å². The number of aromatic amines is 1. The van der Waals surface area contributed by atoms with Gasteiger partial charge in [0.15, 0.2) is 0 Å². The van der Waals surface area contributed by atoms with Crippen LogP contribution < -0.4 is 31.0 Å². The average Bonchev–Trinajstić information content (AvgIpc) is 3.38. The molecule has 2 amide bonds. The standard InChI is InChI=1S/C54H59N5O10/c1-66-41-18-14-35(15-19-41)30-45(53(64)67-29-6-5-26-55-32-47(61)43-20-22-46(60)51-44(43)21-23-49(62)57-51)56-52(63)39-16-12-36(13-17-39)34-68-42-11-7-10-40(31-42)50(38-8-3-2-4-9-38)58-54(65)69-48-33-59-27-24-37(48)25-28-59/h2-4,7-23,31,37,45,47-48,50,55,60-61H,5-6,24-30,32-34H2,1H3,(H,56,63)(H,57,62)(H,58,65)/t45?,47?,48?,50-/m0/s1. The second-order valence-corrected chi connectivity index (χ2v) is 17.6. The fourth-order valence-corrected chi connectivity index (χ4v) is 9.00. The number of amides is 2. The predicted molar refractivity (Wildman–Crippen MR) is 260 cm³/mol. The number of nitrogens with one attached hydrogen (secondary N) is 4. The number of aromatic nitrogens is 1. The summed E-state index contributed by atoms with van der Waals surface area (Å²) in [6, 6.07) is 36.2. The molecule has 69 heavy (non-hydrogen) atoms. The Morgan fingerprint density at radius 1 is 0.812 bits per heavy atom. The molecule has 0 aliphatic carbocycles. The molecular formula is C54H59N5O10. The van der Waals surface area contributed by atoms with Crippen molar-refractivity contribution in [3.05, 3.63) is 171 Å². The maximum Gasteiger partial charge on any atom is 0.408 e. The third kappa shape index (κ3) is 12.9. The van der Waals surface area contributed by atoms with Crippen molar-refractivity contribution in [1.82, 2.24) is 25.8 Å². The first-order chi connectivity index (χ1) is 33.6. The van der Waals surface area contributed by atoms with Crippen LogP contribution in [0.3, 0.4) is 0 Å². The van der Waals surface area contributed by atoms with Crippen molar-refractivity contribution in [1.29, 1.82) is 0 Å². The van der Waals surface area contributed by atoms with Crippen molar-refractivity contribution in [3.8, 4) is 17.2 Å². The Morgan fingerprint density at radius 2 is 1.57 bits per heavy atom. The molecule has 6 N–H and O–H groups in total. The Bertz CT molecular complexity index is 2720. The summed E-state index contributed by atoms with van der Waals surface area (Å²) >= 11 is 0. The van der Waals surface area contributed by atoms with Crippen LogP contribution in [-0.2, 0) is 27.3 Å². The molecule has 4 atom stereocenters.